The Hall–Kier alpha value is -4.48. The monoisotopic (exact) mass is 528 g/mol. The van der Waals surface area contributed by atoms with Gasteiger partial charge in [0.1, 0.15) is 11.8 Å². The fourth-order valence-electron chi connectivity index (χ4n) is 4.13. The maximum absolute atomic E-state index is 13.1. The van der Waals surface area contributed by atoms with Crippen molar-refractivity contribution < 1.29 is 37.0 Å². The average molecular weight is 528 g/mol. The van der Waals surface area contributed by atoms with Crippen LogP contribution in [0.4, 0.5) is 19.0 Å². The summed E-state index contributed by atoms with van der Waals surface area (Å²) in [5.74, 6) is -1.82. The van der Waals surface area contributed by atoms with Gasteiger partial charge in [-0.15, -0.1) is 13.2 Å². The maximum atomic E-state index is 13.1. The fraction of sp³-hybridized carbons (Fsp3) is 0.269. The van der Waals surface area contributed by atoms with Gasteiger partial charge in [0, 0.05) is 23.2 Å². The van der Waals surface area contributed by atoms with E-state index in [2.05, 4.69) is 20.0 Å². The van der Waals surface area contributed by atoms with Gasteiger partial charge in [0.05, 0.1) is 25.2 Å². The van der Waals surface area contributed by atoms with E-state index in [9.17, 15) is 27.6 Å². The highest BCUT2D eigenvalue weighted by atomic mass is 19.4. The van der Waals surface area contributed by atoms with Gasteiger partial charge in [-0.25, -0.2) is 9.78 Å². The van der Waals surface area contributed by atoms with Crippen molar-refractivity contribution in [1.29, 1.82) is 0 Å². The summed E-state index contributed by atoms with van der Waals surface area (Å²) in [4.78, 5) is 47.8. The third-order valence-electron chi connectivity index (χ3n) is 5.89. The summed E-state index contributed by atoms with van der Waals surface area (Å²) < 4.78 is 45.6. The van der Waals surface area contributed by atoms with Gasteiger partial charge in [0.2, 0.25) is 0 Å². The molecular weight excluding hydrogens is 505 g/mol. The van der Waals surface area contributed by atoms with Crippen LogP contribution in [0.3, 0.4) is 0 Å². The van der Waals surface area contributed by atoms with Crippen LogP contribution < -0.4 is 10.1 Å². The van der Waals surface area contributed by atoms with Crippen LogP contribution in [0.5, 0.6) is 5.75 Å². The standard InChI is InChI=1S/C26H23F3N4O5/c1-14(2)22(25(36)37-3)33-13-17-5-4-16(10-19(17)24(33)35)20-11-31-21(12-30-20)32-23(34)15-6-8-18(9-7-15)38-26(27,28)29/h4-12,14,22H,13H2,1-3H3,(H,31,32,34). The highest BCUT2D eigenvalue weighted by Gasteiger charge is 2.39. The number of anilines is 1. The summed E-state index contributed by atoms with van der Waals surface area (Å²) in [7, 11) is 1.29. The zero-order valence-electron chi connectivity index (χ0n) is 20.6. The van der Waals surface area contributed by atoms with Crippen molar-refractivity contribution in [3.63, 3.8) is 0 Å². The van der Waals surface area contributed by atoms with Crippen LogP contribution in [-0.2, 0) is 16.1 Å². The van der Waals surface area contributed by atoms with Crippen LogP contribution >= 0.6 is 0 Å². The van der Waals surface area contributed by atoms with Crippen LogP contribution in [0, 0.1) is 5.92 Å². The SMILES string of the molecule is COC(=O)C(C(C)C)N1Cc2ccc(-c3cnc(NC(=O)c4ccc(OC(F)(F)F)cc4)cn3)cc2C1=O. The van der Waals surface area contributed by atoms with Crippen LogP contribution in [0.1, 0.15) is 40.1 Å². The van der Waals surface area contributed by atoms with E-state index in [1.165, 1.54) is 36.5 Å². The lowest BCUT2D eigenvalue weighted by Gasteiger charge is -2.28. The highest BCUT2D eigenvalue weighted by molar-refractivity contribution is 6.04. The van der Waals surface area contributed by atoms with Gasteiger partial charge in [-0.3, -0.25) is 14.6 Å². The van der Waals surface area contributed by atoms with E-state index in [-0.39, 0.29) is 29.8 Å². The van der Waals surface area contributed by atoms with Crippen molar-refractivity contribution >= 4 is 23.6 Å². The smallest absolute Gasteiger partial charge is 0.467 e. The van der Waals surface area contributed by atoms with Gasteiger partial charge >= 0.3 is 12.3 Å². The summed E-state index contributed by atoms with van der Waals surface area (Å²) in [6.45, 7) is 3.97. The summed E-state index contributed by atoms with van der Waals surface area (Å²) in [5, 5.41) is 2.52. The average Bonchev–Trinajstić information content (AvgIpc) is 3.19. The molecule has 1 atom stereocenters. The molecule has 1 aliphatic heterocycles. The van der Waals surface area contributed by atoms with E-state index in [0.29, 0.717) is 16.8 Å². The minimum atomic E-state index is -4.83. The van der Waals surface area contributed by atoms with Gasteiger partial charge in [-0.1, -0.05) is 26.0 Å². The first-order chi connectivity index (χ1) is 18.0. The minimum Gasteiger partial charge on any atom is -0.467 e. The molecule has 0 bridgehead atoms. The molecule has 3 aromatic rings. The van der Waals surface area contributed by atoms with Gasteiger partial charge in [-0.2, -0.15) is 0 Å². The number of amides is 2. The first-order valence-electron chi connectivity index (χ1n) is 11.5. The summed E-state index contributed by atoms with van der Waals surface area (Å²) in [6.07, 6.45) is -2.09. The van der Waals surface area contributed by atoms with Crippen molar-refractivity contribution in [2.24, 2.45) is 5.92 Å². The number of methoxy groups -OCH3 is 1. The van der Waals surface area contributed by atoms with Crippen LogP contribution in [0.25, 0.3) is 11.3 Å². The lowest BCUT2D eigenvalue weighted by molar-refractivity contribution is -0.274. The zero-order chi connectivity index (χ0) is 27.6. The van der Waals surface area contributed by atoms with Crippen LogP contribution in [0.15, 0.2) is 54.9 Å². The Morgan fingerprint density at radius 1 is 1.05 bits per heavy atom. The van der Waals surface area contributed by atoms with Crippen molar-refractivity contribution in [2.45, 2.75) is 32.8 Å². The second-order valence-electron chi connectivity index (χ2n) is 8.83. The van der Waals surface area contributed by atoms with Gasteiger partial charge in [0.25, 0.3) is 11.8 Å². The zero-order valence-corrected chi connectivity index (χ0v) is 20.6. The van der Waals surface area contributed by atoms with E-state index >= 15 is 0 Å². The van der Waals surface area contributed by atoms with E-state index in [1.54, 1.807) is 18.2 Å². The molecule has 9 nitrogen and oxygen atoms in total. The molecule has 1 N–H and O–H groups in total. The first-order valence-corrected chi connectivity index (χ1v) is 11.5. The number of nitrogens with zero attached hydrogens (tertiary/aromatic N) is 3. The van der Waals surface area contributed by atoms with Crippen LogP contribution in [-0.4, -0.2) is 52.2 Å². The van der Waals surface area contributed by atoms with Crippen molar-refractivity contribution in [3.8, 4) is 17.0 Å². The number of halogens is 3. The lowest BCUT2D eigenvalue weighted by Crippen LogP contribution is -2.45. The topological polar surface area (TPSA) is 111 Å². The van der Waals surface area contributed by atoms with Gasteiger partial charge in [0.15, 0.2) is 5.82 Å². The van der Waals surface area contributed by atoms with E-state index in [4.69, 9.17) is 4.74 Å². The third kappa shape index (κ3) is 5.74. The summed E-state index contributed by atoms with van der Waals surface area (Å²) >= 11 is 0. The molecule has 0 saturated carbocycles. The molecule has 198 valence electrons. The number of benzene rings is 2. The molecule has 0 aliphatic carbocycles. The van der Waals surface area contributed by atoms with Gasteiger partial charge < -0.3 is 19.7 Å². The Labute approximate surface area is 215 Å². The molecule has 38 heavy (non-hydrogen) atoms. The Morgan fingerprint density at radius 3 is 2.34 bits per heavy atom. The predicted molar refractivity (Wildman–Crippen MR) is 129 cm³/mol. The molecular formula is C26H23F3N4O5. The maximum Gasteiger partial charge on any atom is 0.573 e. The Bertz CT molecular complexity index is 1360. The number of hydrogen-bond acceptors (Lipinski definition) is 7. The van der Waals surface area contributed by atoms with Crippen molar-refractivity contribution in [2.75, 3.05) is 12.4 Å². The Kier molecular flexibility index (Phi) is 7.33. The van der Waals surface area contributed by atoms with Crippen molar-refractivity contribution in [1.82, 2.24) is 14.9 Å². The molecule has 0 radical (unpaired) electrons. The number of carbonyl (C=O) groups is 3. The van der Waals surface area contributed by atoms with Crippen molar-refractivity contribution in [3.05, 3.63) is 71.5 Å². The minimum absolute atomic E-state index is 0.0961. The number of esters is 1. The number of carbonyl (C=O) groups excluding carboxylic acids is 3. The lowest BCUT2D eigenvalue weighted by atomic mass is 10.0. The molecule has 1 aromatic heterocycles. The van der Waals surface area contributed by atoms with Gasteiger partial charge in [-0.05, 0) is 41.8 Å². The normalized spacial score (nSPS) is 13.8. The largest absolute Gasteiger partial charge is 0.573 e. The predicted octanol–water partition coefficient (Wildman–Crippen LogP) is 4.45. The Morgan fingerprint density at radius 2 is 1.76 bits per heavy atom. The number of rotatable bonds is 7. The number of fused-ring (bicyclic) bond motifs is 1. The number of aromatic nitrogens is 2. The molecule has 2 aromatic carbocycles. The first kappa shape index (κ1) is 26.6. The van der Waals surface area contributed by atoms with E-state index in [1.807, 2.05) is 13.8 Å². The molecule has 0 spiro atoms. The fourth-order valence-corrected chi connectivity index (χ4v) is 4.13. The van der Waals surface area contributed by atoms with E-state index < -0.39 is 30.0 Å². The number of alkyl halides is 3. The summed E-state index contributed by atoms with van der Waals surface area (Å²) in [6, 6.07) is 8.98. The molecule has 1 aliphatic rings. The molecule has 1 unspecified atom stereocenters. The number of nitrogens with one attached hydrogen (secondary N) is 1. The molecule has 0 saturated heterocycles. The third-order valence-corrected chi connectivity index (χ3v) is 5.89. The second-order valence-corrected chi connectivity index (χ2v) is 8.83. The second kappa shape index (κ2) is 10.5. The summed E-state index contributed by atoms with van der Waals surface area (Å²) in [5.41, 5.74) is 2.38. The molecule has 4 rings (SSSR count). The number of ether oxygens (including phenoxy) is 2. The Balaban J connectivity index is 1.46. The molecule has 12 heteroatoms. The highest BCUT2D eigenvalue weighted by Crippen LogP contribution is 2.31. The van der Waals surface area contributed by atoms with E-state index in [0.717, 1.165) is 17.7 Å². The quantitative estimate of drug-likeness (QED) is 0.451. The van der Waals surface area contributed by atoms with Crippen LogP contribution in [0.2, 0.25) is 0 Å². The molecule has 2 amide bonds. The number of hydrogen-bond donors (Lipinski definition) is 1. The molecule has 2 heterocycles. The molecule has 0 fully saturated rings.